The summed E-state index contributed by atoms with van der Waals surface area (Å²) < 4.78 is 2.35. The maximum Gasteiger partial charge on any atom is 0.292 e. The van der Waals surface area contributed by atoms with Crippen molar-refractivity contribution in [3.05, 3.63) is 50.4 Å². The van der Waals surface area contributed by atoms with Crippen LogP contribution in [0.2, 0.25) is 9.36 Å². The third-order valence-electron chi connectivity index (χ3n) is 3.90. The van der Waals surface area contributed by atoms with Crippen LogP contribution >= 0.6 is 34.5 Å². The number of thiophene rings is 1. The smallest absolute Gasteiger partial charge is 0.285 e. The minimum absolute atomic E-state index is 0.139. The molecule has 0 radical (unpaired) electrons. The Balaban J connectivity index is 1.68. The first-order valence-corrected chi connectivity index (χ1v) is 8.59. The predicted molar refractivity (Wildman–Crippen MR) is 92.7 cm³/mol. The number of carbonyl (C=O) groups is 1. The molecule has 1 aliphatic heterocycles. The second-order valence-electron chi connectivity index (χ2n) is 5.31. The van der Waals surface area contributed by atoms with E-state index in [1.807, 2.05) is 24.2 Å². The van der Waals surface area contributed by atoms with Gasteiger partial charge in [-0.05, 0) is 24.3 Å². The Labute approximate surface area is 146 Å². The first-order chi connectivity index (χ1) is 11.0. The number of hydrazine groups is 1. The van der Waals surface area contributed by atoms with Crippen LogP contribution in [0.1, 0.15) is 15.4 Å². The standard InChI is InChI=1S/C15H12Cl2N4OS/c1-19-12-7-14(17)23-13(12)4-5-21(19)15(22)11-6-10-3-2-9(16)8-20(10)18-11/h2-3,6-8H,4-5H2,1H3. The van der Waals surface area contributed by atoms with Gasteiger partial charge in [-0.3, -0.25) is 9.80 Å². The molecule has 3 aromatic heterocycles. The summed E-state index contributed by atoms with van der Waals surface area (Å²) in [7, 11) is 1.87. The topological polar surface area (TPSA) is 40.9 Å². The fraction of sp³-hybridized carbons (Fsp3) is 0.200. The summed E-state index contributed by atoms with van der Waals surface area (Å²) in [6.07, 6.45) is 2.48. The lowest BCUT2D eigenvalue weighted by Crippen LogP contribution is -2.48. The van der Waals surface area contributed by atoms with E-state index in [1.54, 1.807) is 39.2 Å². The van der Waals surface area contributed by atoms with Crippen molar-refractivity contribution in [1.82, 2.24) is 14.6 Å². The molecule has 8 heteroatoms. The highest BCUT2D eigenvalue weighted by molar-refractivity contribution is 7.16. The average molecular weight is 367 g/mol. The van der Waals surface area contributed by atoms with Gasteiger partial charge in [0.1, 0.15) is 0 Å². The van der Waals surface area contributed by atoms with E-state index in [1.165, 1.54) is 4.88 Å². The van der Waals surface area contributed by atoms with Gasteiger partial charge < -0.3 is 0 Å². The Morgan fingerprint density at radius 2 is 2.13 bits per heavy atom. The zero-order valence-electron chi connectivity index (χ0n) is 12.2. The molecule has 118 valence electrons. The molecular weight excluding hydrogens is 355 g/mol. The zero-order valence-corrected chi connectivity index (χ0v) is 14.5. The van der Waals surface area contributed by atoms with E-state index >= 15 is 0 Å². The minimum atomic E-state index is -0.139. The fourth-order valence-electron chi connectivity index (χ4n) is 2.76. The Bertz CT molecular complexity index is 919. The minimum Gasteiger partial charge on any atom is -0.285 e. The number of halogens is 2. The molecule has 0 saturated carbocycles. The van der Waals surface area contributed by atoms with Crippen molar-refractivity contribution >= 4 is 51.6 Å². The lowest BCUT2D eigenvalue weighted by Gasteiger charge is -2.36. The summed E-state index contributed by atoms with van der Waals surface area (Å²) >= 11 is 13.6. The summed E-state index contributed by atoms with van der Waals surface area (Å²) in [5, 5.41) is 8.45. The van der Waals surface area contributed by atoms with Crippen molar-refractivity contribution in [3.63, 3.8) is 0 Å². The van der Waals surface area contributed by atoms with Crippen LogP contribution in [-0.2, 0) is 6.42 Å². The van der Waals surface area contributed by atoms with E-state index in [2.05, 4.69) is 5.10 Å². The second kappa shape index (κ2) is 5.40. The Morgan fingerprint density at radius 3 is 2.96 bits per heavy atom. The van der Waals surface area contributed by atoms with Gasteiger partial charge in [0.05, 0.1) is 20.6 Å². The highest BCUT2D eigenvalue weighted by Crippen LogP contribution is 2.37. The first-order valence-electron chi connectivity index (χ1n) is 7.01. The van der Waals surface area contributed by atoms with Crippen molar-refractivity contribution in [3.8, 4) is 0 Å². The summed E-state index contributed by atoms with van der Waals surface area (Å²) in [4.78, 5) is 14.0. The van der Waals surface area contributed by atoms with Crippen LogP contribution in [0.4, 0.5) is 5.69 Å². The van der Waals surface area contributed by atoms with Crippen LogP contribution in [0.5, 0.6) is 0 Å². The number of aromatic nitrogens is 2. The van der Waals surface area contributed by atoms with Crippen molar-refractivity contribution in [1.29, 1.82) is 0 Å². The molecule has 0 saturated heterocycles. The highest BCUT2D eigenvalue weighted by Gasteiger charge is 2.29. The molecule has 3 aromatic rings. The van der Waals surface area contributed by atoms with Crippen LogP contribution in [0.15, 0.2) is 30.5 Å². The summed E-state index contributed by atoms with van der Waals surface area (Å²) in [6.45, 7) is 0.605. The first kappa shape index (κ1) is 14.8. The largest absolute Gasteiger partial charge is 0.292 e. The van der Waals surface area contributed by atoms with Gasteiger partial charge in [0.2, 0.25) is 0 Å². The number of anilines is 1. The van der Waals surface area contributed by atoms with Gasteiger partial charge in [0.25, 0.3) is 5.91 Å². The molecule has 1 amide bonds. The lowest BCUT2D eigenvalue weighted by molar-refractivity contribution is 0.0733. The van der Waals surface area contributed by atoms with Gasteiger partial charge in [0.15, 0.2) is 5.69 Å². The highest BCUT2D eigenvalue weighted by atomic mass is 35.5. The zero-order chi connectivity index (χ0) is 16.1. The quantitative estimate of drug-likeness (QED) is 0.658. The molecule has 0 aromatic carbocycles. The van der Waals surface area contributed by atoms with Crippen molar-refractivity contribution in [2.45, 2.75) is 6.42 Å². The molecule has 5 nitrogen and oxygen atoms in total. The molecular formula is C15H12Cl2N4OS. The molecule has 1 aliphatic rings. The van der Waals surface area contributed by atoms with Gasteiger partial charge >= 0.3 is 0 Å². The number of fused-ring (bicyclic) bond motifs is 2. The van der Waals surface area contributed by atoms with Crippen molar-refractivity contribution in [2.75, 3.05) is 18.6 Å². The number of hydrogen-bond acceptors (Lipinski definition) is 4. The molecule has 0 bridgehead atoms. The normalized spacial score (nSPS) is 14.4. The van der Waals surface area contributed by atoms with Gasteiger partial charge in [0, 0.05) is 31.1 Å². The molecule has 0 fully saturated rings. The van der Waals surface area contributed by atoms with E-state index < -0.39 is 0 Å². The average Bonchev–Trinajstić information content (AvgIpc) is 3.09. The molecule has 0 spiro atoms. The predicted octanol–water partition coefficient (Wildman–Crippen LogP) is 3.75. The molecule has 23 heavy (non-hydrogen) atoms. The molecule has 0 N–H and O–H groups in total. The van der Waals surface area contributed by atoms with Crippen LogP contribution in [0.25, 0.3) is 5.52 Å². The van der Waals surface area contributed by atoms with Gasteiger partial charge in [-0.1, -0.05) is 23.2 Å². The van der Waals surface area contributed by atoms with E-state index in [0.29, 0.717) is 17.3 Å². The summed E-state index contributed by atoms with van der Waals surface area (Å²) in [5.41, 5.74) is 2.20. The Morgan fingerprint density at radius 1 is 1.30 bits per heavy atom. The fourth-order valence-corrected chi connectivity index (χ4v) is 4.20. The monoisotopic (exact) mass is 366 g/mol. The molecule has 4 heterocycles. The molecule has 0 aliphatic carbocycles. The Kier molecular flexibility index (Phi) is 3.48. The van der Waals surface area contributed by atoms with Crippen LogP contribution in [0, 0.1) is 0 Å². The number of pyridine rings is 1. The SMILES string of the molecule is CN1c2cc(Cl)sc2CCN1C(=O)c1cc2ccc(Cl)cn2n1. The van der Waals surface area contributed by atoms with E-state index in [4.69, 9.17) is 23.2 Å². The van der Waals surface area contributed by atoms with Gasteiger partial charge in [-0.2, -0.15) is 5.10 Å². The third kappa shape index (κ3) is 2.47. The van der Waals surface area contributed by atoms with Crippen molar-refractivity contribution < 1.29 is 4.79 Å². The van der Waals surface area contributed by atoms with Gasteiger partial charge in [-0.15, -0.1) is 11.3 Å². The van der Waals surface area contributed by atoms with Gasteiger partial charge in [-0.25, -0.2) is 9.52 Å². The van der Waals surface area contributed by atoms with Crippen LogP contribution in [-0.4, -0.2) is 34.1 Å². The summed E-state index contributed by atoms with van der Waals surface area (Å²) in [5.74, 6) is -0.139. The summed E-state index contributed by atoms with van der Waals surface area (Å²) in [6, 6.07) is 7.27. The Hall–Kier alpha value is -1.76. The third-order valence-corrected chi connectivity index (χ3v) is 5.43. The maximum atomic E-state index is 12.8. The molecule has 4 rings (SSSR count). The van der Waals surface area contributed by atoms with Crippen LogP contribution < -0.4 is 5.01 Å². The number of nitrogens with zero attached hydrogens (tertiary/aromatic N) is 4. The number of rotatable bonds is 1. The number of carbonyl (C=O) groups excluding carboxylic acids is 1. The molecule has 0 atom stereocenters. The van der Waals surface area contributed by atoms with Crippen molar-refractivity contribution in [2.24, 2.45) is 0 Å². The second-order valence-corrected chi connectivity index (χ2v) is 7.51. The van der Waals surface area contributed by atoms with Crippen LogP contribution in [0.3, 0.4) is 0 Å². The van der Waals surface area contributed by atoms with E-state index in [9.17, 15) is 4.79 Å². The maximum absolute atomic E-state index is 12.8. The van der Waals surface area contributed by atoms with E-state index in [0.717, 1.165) is 22.0 Å². The van der Waals surface area contributed by atoms with E-state index in [-0.39, 0.29) is 5.91 Å². The number of amides is 1. The lowest BCUT2D eigenvalue weighted by atomic mass is 10.2. The molecule has 0 unspecified atom stereocenters. The number of hydrogen-bond donors (Lipinski definition) is 0.